The Morgan fingerprint density at radius 2 is 1.81 bits per heavy atom. The molecule has 140 valence electrons. The summed E-state index contributed by atoms with van der Waals surface area (Å²) in [6.45, 7) is 1.71. The van der Waals surface area contributed by atoms with Gasteiger partial charge in [0.05, 0.1) is 31.9 Å². The van der Waals surface area contributed by atoms with Gasteiger partial charge in [0.2, 0.25) is 10.0 Å². The predicted molar refractivity (Wildman–Crippen MR) is 102 cm³/mol. The molecule has 2 aromatic carbocycles. The lowest BCUT2D eigenvalue weighted by Gasteiger charge is -2.20. The zero-order chi connectivity index (χ0) is 19.5. The molecule has 0 unspecified atom stereocenters. The van der Waals surface area contributed by atoms with Crippen LogP contribution in [0, 0.1) is 6.92 Å². The number of carbonyl (C=O) groups is 1. The fourth-order valence-corrected chi connectivity index (χ4v) is 3.04. The van der Waals surface area contributed by atoms with Crippen molar-refractivity contribution in [3.05, 3.63) is 47.5 Å². The molecule has 0 saturated heterocycles. The first-order valence-electron chi connectivity index (χ1n) is 7.76. The number of hydrogen-bond acceptors (Lipinski definition) is 5. The van der Waals surface area contributed by atoms with E-state index in [0.29, 0.717) is 34.0 Å². The highest BCUT2D eigenvalue weighted by atomic mass is 32.2. The largest absolute Gasteiger partial charge is 0.497 e. The third kappa shape index (κ3) is 4.08. The van der Waals surface area contributed by atoms with Gasteiger partial charge in [0, 0.05) is 18.7 Å². The number of benzene rings is 2. The van der Waals surface area contributed by atoms with Gasteiger partial charge >= 0.3 is 0 Å². The molecule has 0 bridgehead atoms. The van der Waals surface area contributed by atoms with E-state index in [9.17, 15) is 13.2 Å². The molecular weight excluding hydrogens is 356 g/mol. The van der Waals surface area contributed by atoms with Gasteiger partial charge < -0.3 is 14.8 Å². The molecule has 8 heteroatoms. The molecule has 0 aliphatic carbocycles. The van der Waals surface area contributed by atoms with Crippen molar-refractivity contribution in [1.29, 1.82) is 0 Å². The number of rotatable bonds is 6. The van der Waals surface area contributed by atoms with E-state index in [1.54, 1.807) is 50.4 Å². The minimum Gasteiger partial charge on any atom is -0.497 e. The van der Waals surface area contributed by atoms with Crippen LogP contribution in [0.25, 0.3) is 0 Å². The first-order chi connectivity index (χ1) is 12.2. The van der Waals surface area contributed by atoms with Gasteiger partial charge in [0.1, 0.15) is 11.5 Å². The lowest BCUT2D eigenvalue weighted by molar-refractivity contribution is 0.102. The number of sulfonamides is 1. The van der Waals surface area contributed by atoms with Crippen LogP contribution >= 0.6 is 0 Å². The number of ether oxygens (including phenoxy) is 2. The smallest absolute Gasteiger partial charge is 0.256 e. The second-order valence-electron chi connectivity index (χ2n) is 5.70. The Morgan fingerprint density at radius 3 is 2.38 bits per heavy atom. The second-order valence-corrected chi connectivity index (χ2v) is 7.71. The molecule has 2 aromatic rings. The summed E-state index contributed by atoms with van der Waals surface area (Å²) in [6, 6.07) is 9.98. The van der Waals surface area contributed by atoms with E-state index in [4.69, 9.17) is 9.47 Å². The maximum absolute atomic E-state index is 12.7. The molecule has 0 aliphatic heterocycles. The SMILES string of the molecule is COc1ccc(NC(=O)c2cccc(N(C)S(C)(=O)=O)c2C)c(OC)c1. The Kier molecular flexibility index (Phi) is 5.76. The first-order valence-corrected chi connectivity index (χ1v) is 9.60. The predicted octanol–water partition coefficient (Wildman–Crippen LogP) is 2.66. The molecule has 1 N–H and O–H groups in total. The van der Waals surface area contributed by atoms with Crippen LogP contribution in [-0.4, -0.2) is 41.8 Å². The van der Waals surface area contributed by atoms with E-state index >= 15 is 0 Å². The molecule has 0 aliphatic rings. The maximum atomic E-state index is 12.7. The quantitative estimate of drug-likeness (QED) is 0.835. The summed E-state index contributed by atoms with van der Waals surface area (Å²) in [5.74, 6) is 0.697. The summed E-state index contributed by atoms with van der Waals surface area (Å²) in [5, 5.41) is 2.79. The third-order valence-corrected chi connectivity index (χ3v) is 5.24. The van der Waals surface area contributed by atoms with Gasteiger partial charge in [0.15, 0.2) is 0 Å². The summed E-state index contributed by atoms with van der Waals surface area (Å²) in [5.41, 5.74) is 1.86. The van der Waals surface area contributed by atoms with E-state index < -0.39 is 10.0 Å². The Balaban J connectivity index is 2.37. The molecule has 7 nitrogen and oxygen atoms in total. The van der Waals surface area contributed by atoms with Crippen molar-refractivity contribution in [2.75, 3.05) is 37.1 Å². The molecule has 0 radical (unpaired) electrons. The van der Waals surface area contributed by atoms with Crippen LogP contribution in [0.15, 0.2) is 36.4 Å². The topological polar surface area (TPSA) is 84.9 Å². The molecular formula is C18H22N2O5S. The lowest BCUT2D eigenvalue weighted by Crippen LogP contribution is -2.26. The molecule has 0 saturated carbocycles. The van der Waals surface area contributed by atoms with Gasteiger partial charge in [-0.3, -0.25) is 9.10 Å². The van der Waals surface area contributed by atoms with Crippen molar-refractivity contribution in [3.8, 4) is 11.5 Å². The van der Waals surface area contributed by atoms with E-state index in [2.05, 4.69) is 5.32 Å². The number of nitrogens with zero attached hydrogens (tertiary/aromatic N) is 1. The van der Waals surface area contributed by atoms with E-state index in [1.165, 1.54) is 14.2 Å². The number of methoxy groups -OCH3 is 2. The standard InChI is InChI=1S/C18H22N2O5S/c1-12-14(7-6-8-16(12)20(2)26(5,22)23)18(21)19-15-10-9-13(24-3)11-17(15)25-4/h6-11H,1-5H3,(H,19,21). The van der Waals surface area contributed by atoms with Crippen LogP contribution in [0.3, 0.4) is 0 Å². The van der Waals surface area contributed by atoms with Crippen molar-refractivity contribution >= 4 is 27.3 Å². The number of anilines is 2. The number of amides is 1. The van der Waals surface area contributed by atoms with Gasteiger partial charge in [-0.05, 0) is 36.8 Å². The van der Waals surface area contributed by atoms with Crippen LogP contribution in [0.4, 0.5) is 11.4 Å². The van der Waals surface area contributed by atoms with Crippen LogP contribution in [0.1, 0.15) is 15.9 Å². The van der Waals surface area contributed by atoms with E-state index in [1.807, 2.05) is 0 Å². The number of carbonyl (C=O) groups excluding carboxylic acids is 1. The highest BCUT2D eigenvalue weighted by Gasteiger charge is 2.19. The van der Waals surface area contributed by atoms with E-state index in [0.717, 1.165) is 10.6 Å². The summed E-state index contributed by atoms with van der Waals surface area (Å²) >= 11 is 0. The van der Waals surface area contributed by atoms with Crippen LogP contribution in [0.2, 0.25) is 0 Å². The normalized spacial score (nSPS) is 11.0. The molecule has 1 amide bonds. The zero-order valence-corrected chi connectivity index (χ0v) is 16.2. The Bertz CT molecular complexity index is 925. The summed E-state index contributed by atoms with van der Waals surface area (Å²) in [7, 11) is 1.06. The summed E-state index contributed by atoms with van der Waals surface area (Å²) < 4.78 is 35.2. The van der Waals surface area contributed by atoms with Gasteiger partial charge in [-0.15, -0.1) is 0 Å². The van der Waals surface area contributed by atoms with E-state index in [-0.39, 0.29) is 5.91 Å². The molecule has 0 atom stereocenters. The van der Waals surface area contributed by atoms with Crippen molar-refractivity contribution in [3.63, 3.8) is 0 Å². The average molecular weight is 378 g/mol. The minimum atomic E-state index is -3.43. The highest BCUT2D eigenvalue weighted by molar-refractivity contribution is 7.92. The Labute approximate surface area is 153 Å². The molecule has 0 fully saturated rings. The molecule has 0 aromatic heterocycles. The fourth-order valence-electron chi connectivity index (χ4n) is 2.48. The van der Waals surface area contributed by atoms with Crippen molar-refractivity contribution < 1.29 is 22.7 Å². The maximum Gasteiger partial charge on any atom is 0.256 e. The average Bonchev–Trinajstić information content (AvgIpc) is 2.60. The number of hydrogen-bond donors (Lipinski definition) is 1. The van der Waals surface area contributed by atoms with Crippen LogP contribution in [0.5, 0.6) is 11.5 Å². The second kappa shape index (κ2) is 7.65. The monoisotopic (exact) mass is 378 g/mol. The third-order valence-electron chi connectivity index (χ3n) is 4.04. The fraction of sp³-hybridized carbons (Fsp3) is 0.278. The summed E-state index contributed by atoms with van der Waals surface area (Å²) in [6.07, 6.45) is 1.11. The summed E-state index contributed by atoms with van der Waals surface area (Å²) in [4.78, 5) is 12.7. The molecule has 26 heavy (non-hydrogen) atoms. The van der Waals surface area contributed by atoms with Crippen molar-refractivity contribution in [2.45, 2.75) is 6.92 Å². The highest BCUT2D eigenvalue weighted by Crippen LogP contribution is 2.30. The van der Waals surface area contributed by atoms with Gasteiger partial charge in [0.25, 0.3) is 5.91 Å². The number of nitrogens with one attached hydrogen (secondary N) is 1. The minimum absolute atomic E-state index is 0.366. The van der Waals surface area contributed by atoms with Gasteiger partial charge in [-0.1, -0.05) is 6.07 Å². The first kappa shape index (κ1) is 19.6. The van der Waals surface area contributed by atoms with Crippen molar-refractivity contribution in [1.82, 2.24) is 0 Å². The molecule has 0 heterocycles. The Hall–Kier alpha value is -2.74. The lowest BCUT2D eigenvalue weighted by atomic mass is 10.1. The Morgan fingerprint density at radius 1 is 1.12 bits per heavy atom. The van der Waals surface area contributed by atoms with Gasteiger partial charge in [-0.25, -0.2) is 8.42 Å². The van der Waals surface area contributed by atoms with Crippen molar-refractivity contribution in [2.24, 2.45) is 0 Å². The van der Waals surface area contributed by atoms with Crippen LogP contribution in [-0.2, 0) is 10.0 Å². The van der Waals surface area contributed by atoms with Gasteiger partial charge in [-0.2, -0.15) is 0 Å². The molecule has 2 rings (SSSR count). The molecule has 0 spiro atoms. The zero-order valence-electron chi connectivity index (χ0n) is 15.4. The van der Waals surface area contributed by atoms with Crippen LogP contribution < -0.4 is 19.1 Å².